The molecule has 0 fully saturated rings. The average Bonchev–Trinajstić information content (AvgIpc) is 2.16. The average molecular weight is 229 g/mol. The van der Waals surface area contributed by atoms with E-state index in [1.807, 2.05) is 6.07 Å². The fourth-order valence-electron chi connectivity index (χ4n) is 1.17. The van der Waals surface area contributed by atoms with Gasteiger partial charge in [-0.1, -0.05) is 30.3 Å². The Morgan fingerprint density at radius 1 is 1.33 bits per heavy atom. The van der Waals surface area contributed by atoms with Crippen molar-refractivity contribution in [3.63, 3.8) is 0 Å². The number of hydrogen-bond donors (Lipinski definition) is 2. The topological polar surface area (TPSA) is 66.4 Å². The molecule has 4 nitrogen and oxygen atoms in total. The van der Waals surface area contributed by atoms with Gasteiger partial charge in [0.2, 0.25) is 10.0 Å². The predicted molar refractivity (Wildman–Crippen MR) is 58.9 cm³/mol. The molecule has 1 rings (SSSR count). The number of aliphatic hydroxyl groups is 1. The lowest BCUT2D eigenvalue weighted by atomic mass is 9.97. The van der Waals surface area contributed by atoms with Gasteiger partial charge in [0.05, 0.1) is 6.26 Å². The molecule has 0 aromatic heterocycles. The minimum atomic E-state index is -3.28. The molecule has 1 aromatic rings. The zero-order valence-electron chi connectivity index (χ0n) is 8.77. The number of hydrogen-bond acceptors (Lipinski definition) is 3. The van der Waals surface area contributed by atoms with E-state index in [0.717, 1.165) is 6.26 Å². The first-order valence-corrected chi connectivity index (χ1v) is 6.43. The van der Waals surface area contributed by atoms with E-state index in [1.165, 1.54) is 0 Å². The summed E-state index contributed by atoms with van der Waals surface area (Å²) >= 11 is 0. The minimum absolute atomic E-state index is 0.0319. The molecule has 0 aliphatic carbocycles. The van der Waals surface area contributed by atoms with E-state index >= 15 is 0 Å². The van der Waals surface area contributed by atoms with Crippen LogP contribution in [0.15, 0.2) is 30.3 Å². The largest absolute Gasteiger partial charge is 0.384 e. The molecule has 0 aliphatic rings. The lowest BCUT2D eigenvalue weighted by Crippen LogP contribution is -2.38. The Balaban J connectivity index is 2.76. The van der Waals surface area contributed by atoms with E-state index in [4.69, 9.17) is 0 Å². The van der Waals surface area contributed by atoms with E-state index < -0.39 is 15.6 Å². The van der Waals surface area contributed by atoms with Gasteiger partial charge in [-0.15, -0.1) is 0 Å². The molecule has 0 radical (unpaired) electrons. The van der Waals surface area contributed by atoms with Gasteiger partial charge in [-0.25, -0.2) is 13.1 Å². The summed E-state index contributed by atoms with van der Waals surface area (Å²) in [6.45, 7) is 1.54. The summed E-state index contributed by atoms with van der Waals surface area (Å²) in [4.78, 5) is 0. The van der Waals surface area contributed by atoms with Crippen LogP contribution in [0.1, 0.15) is 12.5 Å². The molecule has 0 bridgehead atoms. The first kappa shape index (κ1) is 12.2. The molecule has 0 heterocycles. The van der Waals surface area contributed by atoms with Gasteiger partial charge in [-0.3, -0.25) is 0 Å². The third-order valence-corrected chi connectivity index (χ3v) is 2.74. The zero-order valence-corrected chi connectivity index (χ0v) is 9.58. The highest BCUT2D eigenvalue weighted by Gasteiger charge is 2.23. The summed E-state index contributed by atoms with van der Waals surface area (Å²) in [7, 11) is -3.28. The second-order valence-electron chi connectivity index (χ2n) is 3.73. The summed E-state index contributed by atoms with van der Waals surface area (Å²) in [6.07, 6.45) is 1.06. The van der Waals surface area contributed by atoms with Crippen molar-refractivity contribution in [2.45, 2.75) is 12.5 Å². The lowest BCUT2D eigenvalue weighted by Gasteiger charge is -2.23. The molecule has 0 saturated carbocycles. The van der Waals surface area contributed by atoms with Crippen LogP contribution in [-0.2, 0) is 15.6 Å². The number of benzene rings is 1. The van der Waals surface area contributed by atoms with Gasteiger partial charge in [-0.05, 0) is 12.5 Å². The van der Waals surface area contributed by atoms with Crippen LogP contribution < -0.4 is 4.72 Å². The standard InChI is InChI=1S/C10H15NO3S/c1-10(12,8-11-15(2,13)14)9-6-4-3-5-7-9/h3-7,11-12H,8H2,1-2H3. The van der Waals surface area contributed by atoms with Gasteiger partial charge in [0.15, 0.2) is 0 Å². The SMILES string of the molecule is CC(O)(CNS(C)(=O)=O)c1ccccc1. The molecule has 15 heavy (non-hydrogen) atoms. The zero-order chi connectivity index (χ0) is 11.5. The van der Waals surface area contributed by atoms with Crippen LogP contribution in [0.3, 0.4) is 0 Å². The molecule has 0 saturated heterocycles. The number of rotatable bonds is 4. The monoisotopic (exact) mass is 229 g/mol. The molecule has 0 amide bonds. The summed E-state index contributed by atoms with van der Waals surface area (Å²) in [5, 5.41) is 10.0. The quantitative estimate of drug-likeness (QED) is 0.787. The Bertz CT molecular complexity index is 412. The van der Waals surface area contributed by atoms with Crippen LogP contribution in [-0.4, -0.2) is 26.3 Å². The molecular weight excluding hydrogens is 214 g/mol. The highest BCUT2D eigenvalue weighted by atomic mass is 32.2. The molecule has 0 spiro atoms. The van der Waals surface area contributed by atoms with Crippen molar-refractivity contribution in [1.82, 2.24) is 4.72 Å². The fourth-order valence-corrected chi connectivity index (χ4v) is 1.71. The van der Waals surface area contributed by atoms with Gasteiger partial charge in [0, 0.05) is 6.54 Å². The van der Waals surface area contributed by atoms with Gasteiger partial charge < -0.3 is 5.11 Å². The summed E-state index contributed by atoms with van der Waals surface area (Å²) in [5.74, 6) is 0. The van der Waals surface area contributed by atoms with Crippen LogP contribution in [0, 0.1) is 0 Å². The Labute approximate surface area is 90.0 Å². The highest BCUT2D eigenvalue weighted by Crippen LogP contribution is 2.18. The second-order valence-corrected chi connectivity index (χ2v) is 5.57. The molecule has 2 N–H and O–H groups in total. The maximum atomic E-state index is 10.9. The number of sulfonamides is 1. The van der Waals surface area contributed by atoms with Crippen molar-refractivity contribution >= 4 is 10.0 Å². The van der Waals surface area contributed by atoms with Gasteiger partial charge in [0.25, 0.3) is 0 Å². The molecule has 5 heteroatoms. The van der Waals surface area contributed by atoms with Crippen molar-refractivity contribution in [2.24, 2.45) is 0 Å². The van der Waals surface area contributed by atoms with Crippen molar-refractivity contribution in [3.8, 4) is 0 Å². The van der Waals surface area contributed by atoms with Crippen LogP contribution in [0.2, 0.25) is 0 Å². The summed E-state index contributed by atoms with van der Waals surface area (Å²) in [5.41, 5.74) is -0.509. The van der Waals surface area contributed by atoms with Gasteiger partial charge in [-0.2, -0.15) is 0 Å². The third-order valence-electron chi connectivity index (χ3n) is 2.07. The third kappa shape index (κ3) is 3.99. The Hall–Kier alpha value is -0.910. The Kier molecular flexibility index (Phi) is 3.49. The second kappa shape index (κ2) is 4.30. The highest BCUT2D eigenvalue weighted by molar-refractivity contribution is 7.88. The van der Waals surface area contributed by atoms with Crippen molar-refractivity contribution < 1.29 is 13.5 Å². The molecule has 1 aromatic carbocycles. The van der Waals surface area contributed by atoms with E-state index in [0.29, 0.717) is 5.56 Å². The summed E-state index contributed by atoms with van der Waals surface area (Å²) in [6, 6.07) is 8.94. The maximum Gasteiger partial charge on any atom is 0.208 e. The van der Waals surface area contributed by atoms with Crippen LogP contribution in [0.4, 0.5) is 0 Å². The van der Waals surface area contributed by atoms with Gasteiger partial charge >= 0.3 is 0 Å². The Morgan fingerprint density at radius 3 is 2.33 bits per heavy atom. The van der Waals surface area contributed by atoms with Crippen molar-refractivity contribution in [1.29, 1.82) is 0 Å². The smallest absolute Gasteiger partial charge is 0.208 e. The molecule has 84 valence electrons. The molecular formula is C10H15NO3S. The molecule has 0 aliphatic heterocycles. The first-order valence-electron chi connectivity index (χ1n) is 4.54. The van der Waals surface area contributed by atoms with E-state index in [-0.39, 0.29) is 6.54 Å². The molecule has 1 atom stereocenters. The molecule has 1 unspecified atom stereocenters. The van der Waals surface area contributed by atoms with E-state index in [9.17, 15) is 13.5 Å². The van der Waals surface area contributed by atoms with E-state index in [2.05, 4.69) is 4.72 Å². The normalized spacial score (nSPS) is 15.9. The predicted octanol–water partition coefficient (Wildman–Crippen LogP) is 0.443. The maximum absolute atomic E-state index is 10.9. The van der Waals surface area contributed by atoms with Crippen molar-refractivity contribution in [2.75, 3.05) is 12.8 Å². The van der Waals surface area contributed by atoms with E-state index in [1.54, 1.807) is 31.2 Å². The summed E-state index contributed by atoms with van der Waals surface area (Å²) < 4.78 is 24.1. The first-order chi connectivity index (χ1) is 6.81. The van der Waals surface area contributed by atoms with Gasteiger partial charge in [0.1, 0.15) is 5.60 Å². The number of nitrogens with one attached hydrogen (secondary N) is 1. The van der Waals surface area contributed by atoms with Crippen LogP contribution in [0.25, 0.3) is 0 Å². The fraction of sp³-hybridized carbons (Fsp3) is 0.400. The van der Waals surface area contributed by atoms with Crippen molar-refractivity contribution in [3.05, 3.63) is 35.9 Å². The minimum Gasteiger partial charge on any atom is -0.384 e. The lowest BCUT2D eigenvalue weighted by molar-refractivity contribution is 0.0628. The van der Waals surface area contributed by atoms with Crippen LogP contribution in [0.5, 0.6) is 0 Å². The van der Waals surface area contributed by atoms with Crippen LogP contribution >= 0.6 is 0 Å². The Morgan fingerprint density at radius 2 is 1.87 bits per heavy atom.